The molecule has 2 aliphatic rings. The molecule has 0 saturated carbocycles. The number of benzene rings is 1. The number of ether oxygens (including phenoxy) is 1. The number of piperidine rings is 1. The van der Waals surface area contributed by atoms with Gasteiger partial charge in [0.25, 0.3) is 0 Å². The molecule has 11 heteroatoms. The molecule has 0 unspecified atom stereocenters. The van der Waals surface area contributed by atoms with E-state index in [9.17, 15) is 13.2 Å². The number of hydrogen-bond acceptors (Lipinski definition) is 6. The fraction of sp³-hybridized carbons (Fsp3) is 0.458. The van der Waals surface area contributed by atoms with Crippen molar-refractivity contribution < 1.29 is 17.9 Å². The Hall–Kier alpha value is -3.34. The highest BCUT2D eigenvalue weighted by molar-refractivity contribution is 5.96. The van der Waals surface area contributed by atoms with Gasteiger partial charge in [0, 0.05) is 42.3 Å². The first-order valence-electron chi connectivity index (χ1n) is 11.9. The van der Waals surface area contributed by atoms with Crippen LogP contribution in [0, 0.1) is 5.92 Å². The summed E-state index contributed by atoms with van der Waals surface area (Å²) in [4.78, 5) is 25.1. The van der Waals surface area contributed by atoms with E-state index in [0.29, 0.717) is 43.0 Å². The van der Waals surface area contributed by atoms with Crippen molar-refractivity contribution in [3.05, 3.63) is 30.5 Å². The Balaban J connectivity index is 1.43. The maximum Gasteiger partial charge on any atom is 0.391 e. The predicted molar refractivity (Wildman–Crippen MR) is 128 cm³/mol. The van der Waals surface area contributed by atoms with Crippen LogP contribution in [0.15, 0.2) is 30.5 Å². The Labute approximate surface area is 199 Å². The van der Waals surface area contributed by atoms with E-state index in [2.05, 4.69) is 21.8 Å². The van der Waals surface area contributed by atoms with Crippen LogP contribution in [0.2, 0.25) is 0 Å². The Morgan fingerprint density at radius 3 is 2.66 bits per heavy atom. The summed E-state index contributed by atoms with van der Waals surface area (Å²) in [6.45, 7) is 4.39. The first-order chi connectivity index (χ1) is 16.9. The number of anilines is 2. The quantitative estimate of drug-likeness (QED) is 0.444. The molecular weight excluding hydrogens is 459 g/mol. The zero-order chi connectivity index (χ0) is 24.2. The number of morpholine rings is 1. The smallest absolute Gasteiger partial charge is 0.377 e. The third kappa shape index (κ3) is 3.97. The number of aromatic amines is 2. The molecule has 6 rings (SSSR count). The second-order valence-corrected chi connectivity index (χ2v) is 9.30. The molecule has 1 aromatic carbocycles. The molecule has 8 nitrogen and oxygen atoms in total. The summed E-state index contributed by atoms with van der Waals surface area (Å²) in [7, 11) is 0. The van der Waals surface area contributed by atoms with Crippen LogP contribution in [0.3, 0.4) is 0 Å². The summed E-state index contributed by atoms with van der Waals surface area (Å²) >= 11 is 0. The summed E-state index contributed by atoms with van der Waals surface area (Å²) in [5.74, 6) is 0.526. The molecule has 2 fully saturated rings. The lowest BCUT2D eigenvalue weighted by molar-refractivity contribution is -0.179. The van der Waals surface area contributed by atoms with Gasteiger partial charge in [0.2, 0.25) is 5.95 Å². The van der Waals surface area contributed by atoms with Gasteiger partial charge in [-0.15, -0.1) is 0 Å². The van der Waals surface area contributed by atoms with Crippen LogP contribution in [-0.4, -0.2) is 70.0 Å². The second kappa shape index (κ2) is 8.40. The van der Waals surface area contributed by atoms with Crippen molar-refractivity contribution in [3.8, 4) is 11.4 Å². The van der Waals surface area contributed by atoms with Crippen molar-refractivity contribution in [2.75, 3.05) is 42.6 Å². The molecule has 4 aromatic rings. The topological polar surface area (TPSA) is 86.0 Å². The average molecular weight is 486 g/mol. The van der Waals surface area contributed by atoms with Gasteiger partial charge in [-0.1, -0.05) is 12.1 Å². The highest BCUT2D eigenvalue weighted by atomic mass is 19.4. The summed E-state index contributed by atoms with van der Waals surface area (Å²) in [6, 6.07) is 8.07. The van der Waals surface area contributed by atoms with Gasteiger partial charge in [0.15, 0.2) is 11.5 Å². The number of rotatable bonds is 3. The molecule has 0 amide bonds. The van der Waals surface area contributed by atoms with Crippen LogP contribution in [0.25, 0.3) is 33.5 Å². The molecule has 2 aliphatic heterocycles. The largest absolute Gasteiger partial charge is 0.391 e. The summed E-state index contributed by atoms with van der Waals surface area (Å²) in [5.41, 5.74) is 3.17. The van der Waals surface area contributed by atoms with Gasteiger partial charge in [0.1, 0.15) is 11.3 Å². The number of aromatic nitrogens is 5. The van der Waals surface area contributed by atoms with Crippen LogP contribution in [0.4, 0.5) is 24.9 Å². The van der Waals surface area contributed by atoms with Crippen LogP contribution < -0.4 is 9.80 Å². The lowest BCUT2D eigenvalue weighted by atomic mass is 9.96. The fourth-order valence-corrected chi connectivity index (χ4v) is 5.09. The van der Waals surface area contributed by atoms with Gasteiger partial charge in [-0.25, -0.2) is 4.98 Å². The Morgan fingerprint density at radius 2 is 1.89 bits per heavy atom. The molecule has 184 valence electrons. The van der Waals surface area contributed by atoms with E-state index in [-0.39, 0.29) is 32.0 Å². The first-order valence-corrected chi connectivity index (χ1v) is 11.9. The molecule has 2 N–H and O–H groups in total. The number of imidazole rings is 1. The Morgan fingerprint density at radius 1 is 1.06 bits per heavy atom. The number of nitrogens with one attached hydrogen (secondary N) is 2. The molecule has 0 radical (unpaired) electrons. The Bertz CT molecular complexity index is 1360. The second-order valence-electron chi connectivity index (χ2n) is 9.30. The van der Waals surface area contributed by atoms with E-state index in [4.69, 9.17) is 19.7 Å². The normalized spacial score (nSPS) is 20.3. The molecule has 0 bridgehead atoms. The lowest BCUT2D eigenvalue weighted by Crippen LogP contribution is -2.45. The summed E-state index contributed by atoms with van der Waals surface area (Å²) in [6.07, 6.45) is -2.20. The SMILES string of the molecule is C[C@@H]1COCCN1c1nc(N2CCC(C(F)(F)F)CC2)nc2nc(-c3cccc4[nH]ccc34)[nH]c12. The number of H-pyrrole nitrogens is 2. The van der Waals surface area contributed by atoms with Gasteiger partial charge >= 0.3 is 6.18 Å². The summed E-state index contributed by atoms with van der Waals surface area (Å²) < 4.78 is 45.2. The Kier molecular flexibility index (Phi) is 5.32. The highest BCUT2D eigenvalue weighted by Crippen LogP contribution is 2.36. The van der Waals surface area contributed by atoms with Crippen molar-refractivity contribution in [1.82, 2.24) is 24.9 Å². The molecular formula is C24H26F3N7O. The van der Waals surface area contributed by atoms with Crippen LogP contribution in [0.1, 0.15) is 19.8 Å². The van der Waals surface area contributed by atoms with Crippen LogP contribution in [0.5, 0.6) is 0 Å². The maximum atomic E-state index is 13.2. The summed E-state index contributed by atoms with van der Waals surface area (Å²) in [5, 5.41) is 1.04. The van der Waals surface area contributed by atoms with Gasteiger partial charge in [0.05, 0.1) is 25.2 Å². The number of fused-ring (bicyclic) bond motifs is 2. The number of hydrogen-bond donors (Lipinski definition) is 2. The predicted octanol–water partition coefficient (Wildman–Crippen LogP) is 4.51. The van der Waals surface area contributed by atoms with Crippen molar-refractivity contribution in [3.63, 3.8) is 0 Å². The van der Waals surface area contributed by atoms with E-state index in [1.54, 1.807) is 0 Å². The molecule has 0 aliphatic carbocycles. The van der Waals surface area contributed by atoms with E-state index < -0.39 is 12.1 Å². The number of alkyl halides is 3. The van der Waals surface area contributed by atoms with Gasteiger partial charge in [-0.2, -0.15) is 23.1 Å². The van der Waals surface area contributed by atoms with Crippen LogP contribution in [-0.2, 0) is 4.74 Å². The third-order valence-electron chi connectivity index (χ3n) is 7.05. The third-order valence-corrected chi connectivity index (χ3v) is 7.05. The van der Waals surface area contributed by atoms with E-state index in [1.807, 2.05) is 35.4 Å². The van der Waals surface area contributed by atoms with E-state index in [0.717, 1.165) is 22.0 Å². The van der Waals surface area contributed by atoms with Crippen LogP contribution >= 0.6 is 0 Å². The van der Waals surface area contributed by atoms with Crippen molar-refractivity contribution >= 4 is 33.8 Å². The van der Waals surface area contributed by atoms with Gasteiger partial charge in [-0.3, -0.25) is 0 Å². The standard InChI is InChI=1S/C24H26F3N7O/c1-14-13-35-12-11-34(14)22-19-21(30-20(29-19)17-3-2-4-18-16(17)5-8-28-18)31-23(32-22)33-9-6-15(7-10-33)24(25,26)27/h2-5,8,14-15,28H,6-7,9-13H2,1H3,(H,29,30,31,32)/t14-/m1/s1. The van der Waals surface area contributed by atoms with Crippen molar-refractivity contribution in [2.24, 2.45) is 5.92 Å². The molecule has 2 saturated heterocycles. The molecule has 5 heterocycles. The highest BCUT2D eigenvalue weighted by Gasteiger charge is 2.41. The minimum absolute atomic E-state index is 0.0372. The first kappa shape index (κ1) is 22.1. The van der Waals surface area contributed by atoms with Gasteiger partial charge < -0.3 is 24.5 Å². The van der Waals surface area contributed by atoms with Crippen molar-refractivity contribution in [2.45, 2.75) is 32.0 Å². The average Bonchev–Trinajstić information content (AvgIpc) is 3.50. The minimum Gasteiger partial charge on any atom is -0.377 e. The minimum atomic E-state index is -4.17. The molecule has 35 heavy (non-hydrogen) atoms. The molecule has 3 aromatic heterocycles. The monoisotopic (exact) mass is 485 g/mol. The number of halogens is 3. The van der Waals surface area contributed by atoms with Crippen molar-refractivity contribution in [1.29, 1.82) is 0 Å². The van der Waals surface area contributed by atoms with E-state index in [1.165, 1.54) is 0 Å². The fourth-order valence-electron chi connectivity index (χ4n) is 5.09. The maximum absolute atomic E-state index is 13.2. The number of nitrogens with zero attached hydrogens (tertiary/aromatic N) is 5. The molecule has 1 atom stereocenters. The van der Waals surface area contributed by atoms with Gasteiger partial charge in [-0.05, 0) is 31.9 Å². The zero-order valence-corrected chi connectivity index (χ0v) is 19.3. The van der Waals surface area contributed by atoms with E-state index >= 15 is 0 Å². The lowest BCUT2D eigenvalue weighted by Gasteiger charge is -2.36. The zero-order valence-electron chi connectivity index (χ0n) is 19.3. The molecule has 0 spiro atoms.